The van der Waals surface area contributed by atoms with E-state index in [2.05, 4.69) is 41.5 Å². The fourth-order valence-corrected chi connectivity index (χ4v) is 3.63. The van der Waals surface area contributed by atoms with E-state index in [4.69, 9.17) is 16.6 Å². The molecule has 2 heterocycles. The number of piperidine rings is 1. The van der Waals surface area contributed by atoms with E-state index in [9.17, 15) is 0 Å². The van der Waals surface area contributed by atoms with Crippen LogP contribution in [0.15, 0.2) is 18.2 Å². The van der Waals surface area contributed by atoms with Gasteiger partial charge in [-0.3, -0.25) is 0 Å². The quantitative estimate of drug-likeness (QED) is 0.792. The van der Waals surface area contributed by atoms with Crippen LogP contribution >= 0.6 is 11.6 Å². The lowest BCUT2D eigenvalue weighted by Crippen LogP contribution is -2.34. The van der Waals surface area contributed by atoms with Crippen LogP contribution in [0.5, 0.6) is 0 Å². The average Bonchev–Trinajstić information content (AvgIpc) is 2.85. The van der Waals surface area contributed by atoms with Crippen LogP contribution < -0.4 is 0 Å². The highest BCUT2D eigenvalue weighted by atomic mass is 35.5. The fraction of sp³-hybridized carbons (Fsp3) is 0.588. The number of halogens is 1. The van der Waals surface area contributed by atoms with E-state index in [0.29, 0.717) is 11.9 Å². The number of likely N-dealkylation sites (tertiary alicyclic amines) is 1. The molecule has 0 amide bonds. The van der Waals surface area contributed by atoms with Gasteiger partial charge in [0.05, 0.1) is 16.9 Å². The molecule has 1 aromatic heterocycles. The summed E-state index contributed by atoms with van der Waals surface area (Å²) in [4.78, 5) is 7.29. The minimum atomic E-state index is 0.407. The Labute approximate surface area is 131 Å². The molecular weight excluding hydrogens is 282 g/mol. The number of nitrogens with zero attached hydrogens (tertiary/aromatic N) is 3. The van der Waals surface area contributed by atoms with Gasteiger partial charge >= 0.3 is 0 Å². The van der Waals surface area contributed by atoms with Crippen LogP contribution in [0.4, 0.5) is 0 Å². The third-order valence-electron chi connectivity index (χ3n) is 4.45. The molecular formula is C17H24ClN3. The largest absolute Gasteiger partial charge is 0.323 e. The van der Waals surface area contributed by atoms with E-state index in [1.165, 1.54) is 43.4 Å². The van der Waals surface area contributed by atoms with Crippen molar-refractivity contribution in [3.05, 3.63) is 29.6 Å². The monoisotopic (exact) mass is 305 g/mol. The van der Waals surface area contributed by atoms with E-state index in [-0.39, 0.29) is 0 Å². The number of fused-ring (bicyclic) bond motifs is 1. The van der Waals surface area contributed by atoms with Gasteiger partial charge < -0.3 is 9.47 Å². The van der Waals surface area contributed by atoms with Crippen molar-refractivity contribution in [2.45, 2.75) is 45.0 Å². The number of alkyl halides is 1. The van der Waals surface area contributed by atoms with Crippen LogP contribution in [-0.4, -0.2) is 34.1 Å². The first kappa shape index (κ1) is 14.9. The highest BCUT2D eigenvalue weighted by Crippen LogP contribution is 2.24. The topological polar surface area (TPSA) is 21.1 Å². The van der Waals surface area contributed by atoms with Gasteiger partial charge in [0.15, 0.2) is 0 Å². The van der Waals surface area contributed by atoms with Gasteiger partial charge in [-0.15, -0.1) is 11.6 Å². The summed E-state index contributed by atoms with van der Waals surface area (Å²) in [6, 6.07) is 6.90. The molecule has 1 aliphatic rings. The zero-order valence-corrected chi connectivity index (χ0v) is 13.7. The summed E-state index contributed by atoms with van der Waals surface area (Å²) < 4.78 is 2.33. The van der Waals surface area contributed by atoms with Crippen LogP contribution in [0, 0.1) is 6.92 Å². The molecule has 1 aromatic carbocycles. The summed E-state index contributed by atoms with van der Waals surface area (Å²) in [5.41, 5.74) is 3.52. The number of aryl methyl sites for hydroxylation is 1. The second kappa shape index (κ2) is 6.37. The molecule has 1 unspecified atom stereocenters. The first-order chi connectivity index (χ1) is 10.2. The number of aromatic nitrogens is 2. The Morgan fingerprint density at radius 2 is 2.00 bits per heavy atom. The van der Waals surface area contributed by atoms with Crippen LogP contribution in [0.25, 0.3) is 11.0 Å². The minimum absolute atomic E-state index is 0.407. The Morgan fingerprint density at radius 1 is 1.24 bits per heavy atom. The molecule has 21 heavy (non-hydrogen) atoms. The molecule has 0 bridgehead atoms. The predicted molar refractivity (Wildman–Crippen MR) is 89.0 cm³/mol. The molecule has 3 rings (SSSR count). The summed E-state index contributed by atoms with van der Waals surface area (Å²) in [7, 11) is 0. The highest BCUT2D eigenvalue weighted by Gasteiger charge is 2.19. The number of benzene rings is 1. The molecule has 0 radical (unpaired) electrons. The van der Waals surface area contributed by atoms with Gasteiger partial charge in [0.1, 0.15) is 5.82 Å². The Kier molecular flexibility index (Phi) is 4.51. The molecule has 114 valence electrons. The van der Waals surface area contributed by atoms with Gasteiger partial charge in [0.25, 0.3) is 0 Å². The van der Waals surface area contributed by atoms with Crippen molar-refractivity contribution in [1.29, 1.82) is 0 Å². The molecule has 0 spiro atoms. The average molecular weight is 306 g/mol. The Balaban J connectivity index is 1.90. The second-order valence-corrected chi connectivity index (χ2v) is 6.50. The number of rotatable bonds is 4. The standard InChI is InChI=1S/C17H24ClN3/c1-13-6-7-16-15(10-13)19-17(11-18)21(16)14(2)12-20-8-4-3-5-9-20/h6-7,10,14H,3-5,8-9,11-12H2,1-2H3. The zero-order chi connectivity index (χ0) is 14.8. The number of hydrogen-bond acceptors (Lipinski definition) is 2. The molecule has 4 heteroatoms. The van der Waals surface area contributed by atoms with E-state index in [1.807, 2.05) is 0 Å². The molecule has 0 saturated carbocycles. The molecule has 3 nitrogen and oxygen atoms in total. The van der Waals surface area contributed by atoms with Crippen molar-refractivity contribution in [3.8, 4) is 0 Å². The second-order valence-electron chi connectivity index (χ2n) is 6.23. The molecule has 1 saturated heterocycles. The lowest BCUT2D eigenvalue weighted by Gasteiger charge is -2.30. The fourth-order valence-electron chi connectivity index (χ4n) is 3.44. The number of imidazole rings is 1. The third-order valence-corrected chi connectivity index (χ3v) is 4.69. The van der Waals surface area contributed by atoms with E-state index in [1.54, 1.807) is 0 Å². The maximum Gasteiger partial charge on any atom is 0.125 e. The van der Waals surface area contributed by atoms with Crippen molar-refractivity contribution in [2.75, 3.05) is 19.6 Å². The van der Waals surface area contributed by atoms with Crippen molar-refractivity contribution in [1.82, 2.24) is 14.5 Å². The minimum Gasteiger partial charge on any atom is -0.323 e. The van der Waals surface area contributed by atoms with Crippen molar-refractivity contribution >= 4 is 22.6 Å². The molecule has 2 aromatic rings. The van der Waals surface area contributed by atoms with Crippen molar-refractivity contribution < 1.29 is 0 Å². The molecule has 1 aliphatic heterocycles. The predicted octanol–water partition coefficient (Wildman–Crippen LogP) is 4.13. The van der Waals surface area contributed by atoms with Crippen molar-refractivity contribution in [2.24, 2.45) is 0 Å². The zero-order valence-electron chi connectivity index (χ0n) is 13.0. The van der Waals surface area contributed by atoms with Gasteiger partial charge in [0.2, 0.25) is 0 Å². The normalized spacial score (nSPS) is 18.2. The maximum atomic E-state index is 6.13. The highest BCUT2D eigenvalue weighted by molar-refractivity contribution is 6.16. The first-order valence-electron chi connectivity index (χ1n) is 7.95. The summed E-state index contributed by atoms with van der Waals surface area (Å²) >= 11 is 6.13. The van der Waals surface area contributed by atoms with Crippen molar-refractivity contribution in [3.63, 3.8) is 0 Å². The lowest BCUT2D eigenvalue weighted by molar-refractivity contribution is 0.202. The van der Waals surface area contributed by atoms with Gasteiger partial charge in [0, 0.05) is 12.6 Å². The molecule has 0 aliphatic carbocycles. The summed E-state index contributed by atoms with van der Waals surface area (Å²) in [6.45, 7) is 7.93. The first-order valence-corrected chi connectivity index (χ1v) is 8.48. The van der Waals surface area contributed by atoms with E-state index < -0.39 is 0 Å². The van der Waals surface area contributed by atoms with Gasteiger partial charge in [-0.25, -0.2) is 4.98 Å². The van der Waals surface area contributed by atoms with Crippen LogP contribution in [0.2, 0.25) is 0 Å². The third kappa shape index (κ3) is 3.09. The van der Waals surface area contributed by atoms with Gasteiger partial charge in [-0.05, 0) is 57.5 Å². The van der Waals surface area contributed by atoms with Gasteiger partial charge in [-0.1, -0.05) is 12.5 Å². The van der Waals surface area contributed by atoms with Crippen LogP contribution in [-0.2, 0) is 5.88 Å². The SMILES string of the molecule is Cc1ccc2c(c1)nc(CCl)n2C(C)CN1CCCCC1. The Morgan fingerprint density at radius 3 is 2.71 bits per heavy atom. The Bertz CT molecular complexity index is 614. The van der Waals surface area contributed by atoms with E-state index >= 15 is 0 Å². The maximum absolute atomic E-state index is 6.13. The molecule has 1 atom stereocenters. The smallest absolute Gasteiger partial charge is 0.125 e. The summed E-state index contributed by atoms with van der Waals surface area (Å²) in [6.07, 6.45) is 4.04. The summed E-state index contributed by atoms with van der Waals surface area (Å²) in [5.74, 6) is 1.46. The van der Waals surface area contributed by atoms with Crippen LogP contribution in [0.3, 0.4) is 0 Å². The van der Waals surface area contributed by atoms with Crippen LogP contribution in [0.1, 0.15) is 43.6 Å². The Hall–Kier alpha value is -1.06. The molecule has 1 fully saturated rings. The lowest BCUT2D eigenvalue weighted by atomic mass is 10.1. The molecule has 0 N–H and O–H groups in total. The van der Waals surface area contributed by atoms with E-state index in [0.717, 1.165) is 17.9 Å². The number of hydrogen-bond donors (Lipinski definition) is 0. The van der Waals surface area contributed by atoms with Gasteiger partial charge in [-0.2, -0.15) is 0 Å². The summed E-state index contributed by atoms with van der Waals surface area (Å²) in [5, 5.41) is 0.